The minimum atomic E-state index is -1.79. The largest absolute Gasteiger partial charge is 0.479 e. The molecule has 1 aliphatic carbocycles. The maximum absolute atomic E-state index is 11.4. The molecule has 1 spiro atoms. The minimum Gasteiger partial charge on any atom is -0.479 e. The second-order valence-corrected chi connectivity index (χ2v) is 10.1. The minimum absolute atomic E-state index is 0.0402. The third kappa shape index (κ3) is 3.25. The Kier molecular flexibility index (Phi) is 5.59. The van der Waals surface area contributed by atoms with E-state index < -0.39 is 60.6 Å². The first-order valence-electron chi connectivity index (χ1n) is 11.4. The van der Waals surface area contributed by atoms with E-state index in [9.17, 15) is 25.2 Å². The summed E-state index contributed by atoms with van der Waals surface area (Å²) in [5.74, 6) is -2.14. The van der Waals surface area contributed by atoms with Crippen molar-refractivity contribution >= 4 is 5.97 Å². The summed E-state index contributed by atoms with van der Waals surface area (Å²) >= 11 is 0. The molecule has 6 aliphatic rings. The lowest BCUT2D eigenvalue weighted by molar-refractivity contribution is -0.579. The van der Waals surface area contributed by atoms with Crippen LogP contribution in [0, 0.1) is 23.7 Å². The predicted molar refractivity (Wildman–Crippen MR) is 102 cm³/mol. The van der Waals surface area contributed by atoms with Gasteiger partial charge >= 0.3 is 5.97 Å². The van der Waals surface area contributed by atoms with Gasteiger partial charge in [0.05, 0.1) is 0 Å². The molecule has 5 heterocycles. The first kappa shape index (κ1) is 22.9. The van der Waals surface area contributed by atoms with Crippen LogP contribution in [-0.4, -0.2) is 81.1 Å². The van der Waals surface area contributed by atoms with Gasteiger partial charge in [-0.05, 0) is 38.0 Å². The fraction of sp³-hybridized carbons (Fsp3) is 0.952. The van der Waals surface area contributed by atoms with Gasteiger partial charge in [-0.2, -0.15) is 0 Å². The molecular weight excluding hydrogens is 428 g/mol. The molecule has 11 heteroatoms. The topological polar surface area (TPSA) is 153 Å². The predicted octanol–water partition coefficient (Wildman–Crippen LogP) is 0.103. The Labute approximate surface area is 185 Å². The van der Waals surface area contributed by atoms with Crippen molar-refractivity contribution in [2.75, 3.05) is 0 Å². The maximum atomic E-state index is 11.4. The molecule has 6 fully saturated rings. The molecule has 11 nitrogen and oxygen atoms in total. The van der Waals surface area contributed by atoms with Gasteiger partial charge in [-0.15, -0.1) is 0 Å². The van der Waals surface area contributed by atoms with Crippen molar-refractivity contribution in [2.45, 2.75) is 101 Å². The van der Waals surface area contributed by atoms with Gasteiger partial charge in [0.15, 0.2) is 30.6 Å². The number of hydrogen-bond acceptors (Lipinski definition) is 10. The summed E-state index contributed by atoms with van der Waals surface area (Å²) in [6.45, 7) is 5.94. The van der Waals surface area contributed by atoms with Crippen LogP contribution < -0.4 is 0 Å². The van der Waals surface area contributed by atoms with Gasteiger partial charge in [-0.3, -0.25) is 0 Å². The van der Waals surface area contributed by atoms with Crippen molar-refractivity contribution < 1.29 is 53.9 Å². The lowest BCUT2D eigenvalue weighted by Crippen LogP contribution is -2.71. The number of aliphatic hydroxyl groups excluding tert-OH is 3. The van der Waals surface area contributed by atoms with E-state index in [1.807, 2.05) is 6.92 Å². The van der Waals surface area contributed by atoms with Crippen LogP contribution in [0.1, 0.15) is 46.5 Å². The number of rotatable bonds is 3. The van der Waals surface area contributed by atoms with E-state index in [0.717, 1.165) is 19.3 Å². The summed E-state index contributed by atoms with van der Waals surface area (Å²) in [6, 6.07) is 0. The molecule has 5 aliphatic heterocycles. The smallest absolute Gasteiger partial charge is 0.335 e. The number of carbonyl (C=O) groups is 1. The quantitative estimate of drug-likeness (QED) is 0.424. The van der Waals surface area contributed by atoms with Crippen LogP contribution in [0.15, 0.2) is 0 Å². The van der Waals surface area contributed by atoms with E-state index in [0.29, 0.717) is 12.3 Å². The summed E-state index contributed by atoms with van der Waals surface area (Å²) < 4.78 is 23.7. The first-order valence-corrected chi connectivity index (χ1v) is 11.4. The average molecular weight is 460 g/mol. The number of aliphatic carboxylic acids is 1. The van der Waals surface area contributed by atoms with E-state index in [-0.39, 0.29) is 17.8 Å². The van der Waals surface area contributed by atoms with Gasteiger partial charge in [0, 0.05) is 18.3 Å². The number of aliphatic hydroxyl groups is 3. The molecule has 0 radical (unpaired) electrons. The van der Waals surface area contributed by atoms with Gasteiger partial charge < -0.3 is 39.4 Å². The highest BCUT2D eigenvalue weighted by Crippen LogP contribution is 2.60. The Hall–Kier alpha value is -0.890. The number of hydrogen-bond donors (Lipinski definition) is 4. The van der Waals surface area contributed by atoms with Crippen molar-refractivity contribution in [1.29, 1.82) is 0 Å². The van der Waals surface area contributed by atoms with E-state index in [4.69, 9.17) is 28.7 Å². The molecule has 182 valence electrons. The van der Waals surface area contributed by atoms with Crippen LogP contribution >= 0.6 is 0 Å². The fourth-order valence-electron chi connectivity index (χ4n) is 6.32. The SMILES string of the molecule is C[C@@H]1CC[C@H]2[C@H](C)C(O[C@@H]3O[C@H](C(=O)O)[C@@H](O)[C@H](O)[C@H]3O)O[C@@H]3O[C@@]4(C)CC[C@@H]1[C@@]32OO4. The van der Waals surface area contributed by atoms with E-state index in [2.05, 4.69) is 6.92 Å². The van der Waals surface area contributed by atoms with Crippen molar-refractivity contribution in [3.05, 3.63) is 0 Å². The molecule has 0 aromatic carbocycles. The molecule has 5 saturated heterocycles. The van der Waals surface area contributed by atoms with E-state index in [1.165, 1.54) is 0 Å². The third-order valence-electron chi connectivity index (χ3n) is 8.18. The Morgan fingerprint density at radius 3 is 2.41 bits per heavy atom. The Bertz CT molecular complexity index is 749. The Morgan fingerprint density at radius 1 is 0.938 bits per heavy atom. The molecule has 6 rings (SSSR count). The summed E-state index contributed by atoms with van der Waals surface area (Å²) in [7, 11) is 0. The van der Waals surface area contributed by atoms with Gasteiger partial charge in [-0.25, -0.2) is 14.6 Å². The van der Waals surface area contributed by atoms with E-state index in [1.54, 1.807) is 6.92 Å². The van der Waals surface area contributed by atoms with Gasteiger partial charge in [0.25, 0.3) is 0 Å². The summed E-state index contributed by atoms with van der Waals surface area (Å²) in [4.78, 5) is 23.2. The second kappa shape index (κ2) is 7.82. The highest BCUT2D eigenvalue weighted by atomic mass is 17.3. The van der Waals surface area contributed by atoms with Gasteiger partial charge in [0.1, 0.15) is 18.3 Å². The van der Waals surface area contributed by atoms with Crippen LogP contribution in [0.4, 0.5) is 0 Å². The highest BCUT2D eigenvalue weighted by molar-refractivity contribution is 5.73. The van der Waals surface area contributed by atoms with Crippen molar-refractivity contribution in [3.63, 3.8) is 0 Å². The molecule has 1 saturated carbocycles. The van der Waals surface area contributed by atoms with Crippen molar-refractivity contribution in [1.82, 2.24) is 0 Å². The number of carboxylic acids is 1. The first-order chi connectivity index (χ1) is 15.1. The number of fused-ring (bicyclic) bond motifs is 2. The molecule has 0 aromatic heterocycles. The maximum Gasteiger partial charge on any atom is 0.335 e. The molecule has 4 N–H and O–H groups in total. The van der Waals surface area contributed by atoms with E-state index >= 15 is 0 Å². The molecule has 0 aromatic rings. The average Bonchev–Trinajstić information content (AvgIpc) is 2.97. The summed E-state index contributed by atoms with van der Waals surface area (Å²) in [5, 5.41) is 39.7. The van der Waals surface area contributed by atoms with Crippen LogP contribution in [-0.2, 0) is 33.5 Å². The second-order valence-electron chi connectivity index (χ2n) is 10.1. The highest BCUT2D eigenvalue weighted by Gasteiger charge is 2.69. The molecule has 13 atom stereocenters. The zero-order valence-electron chi connectivity index (χ0n) is 18.3. The lowest BCUT2D eigenvalue weighted by Gasteiger charge is -2.60. The number of ether oxygens (including phenoxy) is 4. The monoisotopic (exact) mass is 460 g/mol. The zero-order chi connectivity index (χ0) is 23.0. The molecule has 2 bridgehead atoms. The summed E-state index contributed by atoms with van der Waals surface area (Å²) in [5.41, 5.74) is -0.793. The standard InChI is InChI=1S/C21H32O11/c1-8-4-5-11-9(2)17(28-18-14(24)12(22)13(23)15(27-18)16(25)26)29-19-21(11)10(8)6-7-20(3,30-19)31-32-21/h8-15,17-19,22-24H,4-7H2,1-3H3,(H,25,26)/t8-,9+,10+,11+,12+,13+,14-,15+,17?,18+,19-,20-,21+/m1/s1. The zero-order valence-corrected chi connectivity index (χ0v) is 18.3. The lowest BCUT2D eigenvalue weighted by atomic mass is 9.58. The van der Waals surface area contributed by atoms with Crippen molar-refractivity contribution in [3.8, 4) is 0 Å². The van der Waals surface area contributed by atoms with Crippen LogP contribution in [0.5, 0.6) is 0 Å². The van der Waals surface area contributed by atoms with Crippen LogP contribution in [0.3, 0.4) is 0 Å². The normalized spacial score (nSPS) is 57.5. The molecule has 0 amide bonds. The number of carboxylic acid groups (broad SMARTS) is 1. The van der Waals surface area contributed by atoms with Gasteiger partial charge in [-0.1, -0.05) is 13.8 Å². The third-order valence-corrected chi connectivity index (χ3v) is 8.18. The Morgan fingerprint density at radius 2 is 1.69 bits per heavy atom. The fourth-order valence-corrected chi connectivity index (χ4v) is 6.32. The molecule has 1 unspecified atom stereocenters. The van der Waals surface area contributed by atoms with Gasteiger partial charge in [0.2, 0.25) is 5.79 Å². The van der Waals surface area contributed by atoms with Crippen LogP contribution in [0.2, 0.25) is 0 Å². The molecule has 32 heavy (non-hydrogen) atoms. The van der Waals surface area contributed by atoms with Crippen molar-refractivity contribution in [2.24, 2.45) is 23.7 Å². The molecular formula is C21H32O11. The summed E-state index contributed by atoms with van der Waals surface area (Å²) in [6.07, 6.45) is -6.80. The Balaban J connectivity index is 1.41. The van der Waals surface area contributed by atoms with Crippen LogP contribution in [0.25, 0.3) is 0 Å².